The molecule has 0 unspecified atom stereocenters. The number of rotatable bonds is 6. The van der Waals surface area contributed by atoms with Crippen molar-refractivity contribution in [2.75, 3.05) is 32.6 Å². The summed E-state index contributed by atoms with van der Waals surface area (Å²) in [7, 11) is 5.35. The maximum Gasteiger partial charge on any atom is 0.419 e. The first-order valence-corrected chi connectivity index (χ1v) is 9.97. The van der Waals surface area contributed by atoms with Crippen LogP contribution in [0, 0.1) is 12.7 Å². The summed E-state index contributed by atoms with van der Waals surface area (Å²) >= 11 is 0. The second kappa shape index (κ2) is 10.9. The quantitative estimate of drug-likeness (QED) is 0.482. The van der Waals surface area contributed by atoms with Gasteiger partial charge in [-0.25, -0.2) is 9.18 Å². The molecule has 0 bridgehead atoms. The first-order valence-electron chi connectivity index (χ1n) is 9.97. The molecule has 0 radical (unpaired) electrons. The summed E-state index contributed by atoms with van der Waals surface area (Å²) < 4.78 is 59.3. The summed E-state index contributed by atoms with van der Waals surface area (Å²) in [6.45, 7) is 2.44. The molecule has 0 saturated heterocycles. The van der Waals surface area contributed by atoms with Gasteiger partial charge in [0.05, 0.1) is 11.3 Å². The molecule has 14 heteroatoms. The Kier molecular flexibility index (Phi) is 8.63. The van der Waals surface area contributed by atoms with Gasteiger partial charge >= 0.3 is 12.2 Å². The maximum atomic E-state index is 13.5. The van der Waals surface area contributed by atoms with Crippen LogP contribution >= 0.6 is 12.4 Å². The highest BCUT2D eigenvalue weighted by Gasteiger charge is 2.34. The number of aryl methyl sites for hydroxylation is 2. The second-order valence-electron chi connectivity index (χ2n) is 7.67. The van der Waals surface area contributed by atoms with Crippen LogP contribution in [0.5, 0.6) is 5.88 Å². The number of amides is 3. The third kappa shape index (κ3) is 6.57. The van der Waals surface area contributed by atoms with E-state index in [1.807, 2.05) is 24.3 Å². The summed E-state index contributed by atoms with van der Waals surface area (Å²) in [5, 5.41) is 8.92. The van der Waals surface area contributed by atoms with E-state index in [2.05, 4.69) is 15.4 Å². The van der Waals surface area contributed by atoms with Gasteiger partial charge in [0.1, 0.15) is 18.0 Å². The molecule has 35 heavy (non-hydrogen) atoms. The third-order valence-electron chi connectivity index (χ3n) is 4.74. The lowest BCUT2D eigenvalue weighted by Crippen LogP contribution is -2.35. The topological polar surface area (TPSA) is 101 Å². The summed E-state index contributed by atoms with van der Waals surface area (Å²) in [5.74, 6) is -2.42. The molecule has 3 rings (SSSR count). The first kappa shape index (κ1) is 27.8. The number of anilines is 1. The lowest BCUT2D eigenvalue weighted by atomic mass is 10.1. The molecule has 1 aromatic carbocycles. The monoisotopic (exact) mass is 518 g/mol. The highest BCUT2D eigenvalue weighted by atomic mass is 35.5. The Morgan fingerprint density at radius 3 is 2.51 bits per heavy atom. The number of ether oxygens (including phenoxy) is 1. The number of imide groups is 1. The van der Waals surface area contributed by atoms with Crippen molar-refractivity contribution in [1.82, 2.24) is 25.0 Å². The van der Waals surface area contributed by atoms with Gasteiger partial charge in [-0.3, -0.25) is 14.8 Å². The highest BCUT2D eigenvalue weighted by molar-refractivity contribution is 6.10. The average molecular weight is 519 g/mol. The minimum Gasteiger partial charge on any atom is -0.476 e. The van der Waals surface area contributed by atoms with Gasteiger partial charge in [0.25, 0.3) is 5.91 Å². The van der Waals surface area contributed by atoms with Crippen molar-refractivity contribution in [3.8, 4) is 5.88 Å². The molecule has 3 amide bonds. The summed E-state index contributed by atoms with van der Waals surface area (Å²) in [5.41, 5.74) is -0.903. The van der Waals surface area contributed by atoms with Crippen molar-refractivity contribution in [3.63, 3.8) is 0 Å². The van der Waals surface area contributed by atoms with Gasteiger partial charge in [-0.2, -0.15) is 23.3 Å². The van der Waals surface area contributed by atoms with Gasteiger partial charge in [-0.1, -0.05) is 0 Å². The van der Waals surface area contributed by atoms with Crippen molar-refractivity contribution in [2.45, 2.75) is 13.1 Å². The van der Waals surface area contributed by atoms with Gasteiger partial charge in [0, 0.05) is 24.7 Å². The molecule has 2 heterocycles. The standard InChI is InChI=1S/C21H22F4N6O3.ClH/c1-11-13-10-14(19(34-8-7-30(2)3)27-17(13)31(4)29-11)18(32)28-20(33)26-12-5-6-16(22)15(9-12)21(23,24)25;/h5-6,9-10H,7-8H2,1-4H3,(H2,26,28,32,33);1H. The number of hydrogen-bond acceptors (Lipinski definition) is 6. The molecule has 9 nitrogen and oxygen atoms in total. The fourth-order valence-corrected chi connectivity index (χ4v) is 3.08. The van der Waals surface area contributed by atoms with E-state index in [1.165, 1.54) is 10.7 Å². The van der Waals surface area contributed by atoms with Crippen molar-refractivity contribution in [1.29, 1.82) is 0 Å². The van der Waals surface area contributed by atoms with Gasteiger partial charge < -0.3 is 15.0 Å². The molecule has 0 aliphatic rings. The molecule has 0 fully saturated rings. The van der Waals surface area contributed by atoms with Crippen molar-refractivity contribution in [3.05, 3.63) is 46.9 Å². The number of pyridine rings is 1. The Labute approximate surface area is 203 Å². The van der Waals surface area contributed by atoms with Crippen molar-refractivity contribution < 1.29 is 31.9 Å². The van der Waals surface area contributed by atoms with E-state index in [1.54, 1.807) is 14.0 Å². The van der Waals surface area contributed by atoms with Crippen LogP contribution in [0.25, 0.3) is 11.0 Å². The minimum absolute atomic E-state index is 0. The van der Waals surface area contributed by atoms with Crippen molar-refractivity contribution >= 4 is 41.1 Å². The number of halogens is 5. The Balaban J connectivity index is 0.00000432. The number of nitrogens with one attached hydrogen (secondary N) is 2. The zero-order valence-corrected chi connectivity index (χ0v) is 20.0. The smallest absolute Gasteiger partial charge is 0.419 e. The predicted octanol–water partition coefficient (Wildman–Crippen LogP) is 3.76. The molecule has 0 saturated carbocycles. The highest BCUT2D eigenvalue weighted by Crippen LogP contribution is 2.33. The summed E-state index contributed by atoms with van der Waals surface area (Å²) in [6, 6.07) is 2.29. The SMILES string of the molecule is Cc1nn(C)c2nc(OCCN(C)C)c(C(=O)NC(=O)Nc3ccc(F)c(C(F)(F)F)c3)cc12.Cl. The fourth-order valence-electron chi connectivity index (χ4n) is 3.08. The number of likely N-dealkylation sites (N-methyl/N-ethyl adjacent to an activating group) is 1. The fraction of sp³-hybridized carbons (Fsp3) is 0.333. The Morgan fingerprint density at radius 2 is 1.89 bits per heavy atom. The molecule has 190 valence electrons. The van der Waals surface area contributed by atoms with Crippen LogP contribution in [0.4, 0.5) is 28.0 Å². The Morgan fingerprint density at radius 1 is 1.20 bits per heavy atom. The van der Waals surface area contributed by atoms with Gasteiger partial charge in [0.15, 0.2) is 5.65 Å². The van der Waals surface area contributed by atoms with E-state index < -0.39 is 29.5 Å². The maximum absolute atomic E-state index is 13.5. The minimum atomic E-state index is -4.95. The van der Waals surface area contributed by atoms with Crippen LogP contribution in [0.2, 0.25) is 0 Å². The Hall–Kier alpha value is -3.45. The molecular weight excluding hydrogens is 496 g/mol. The first-order chi connectivity index (χ1) is 15.9. The average Bonchev–Trinajstić information content (AvgIpc) is 3.00. The molecule has 2 N–H and O–H groups in total. The normalized spacial score (nSPS) is 11.3. The number of urea groups is 1. The lowest BCUT2D eigenvalue weighted by Gasteiger charge is -2.14. The van der Waals surface area contributed by atoms with Crippen LogP contribution in [-0.2, 0) is 13.2 Å². The van der Waals surface area contributed by atoms with Crippen LogP contribution in [0.15, 0.2) is 24.3 Å². The van der Waals surface area contributed by atoms with Gasteiger partial charge in [0.2, 0.25) is 5.88 Å². The summed E-state index contributed by atoms with van der Waals surface area (Å²) in [4.78, 5) is 31.3. The number of carbonyl (C=O) groups excluding carboxylic acids is 2. The number of hydrogen-bond donors (Lipinski definition) is 2. The number of alkyl halides is 3. The molecule has 0 aliphatic heterocycles. The van der Waals surface area contributed by atoms with E-state index >= 15 is 0 Å². The molecular formula is C21H23ClF4N6O3. The molecule has 2 aromatic heterocycles. The second-order valence-corrected chi connectivity index (χ2v) is 7.67. The molecule has 3 aromatic rings. The van der Waals surface area contributed by atoms with Crippen molar-refractivity contribution in [2.24, 2.45) is 7.05 Å². The number of benzene rings is 1. The molecule has 0 atom stereocenters. The molecule has 0 aliphatic carbocycles. The lowest BCUT2D eigenvalue weighted by molar-refractivity contribution is -0.139. The zero-order chi connectivity index (χ0) is 25.2. The Bertz CT molecular complexity index is 1250. The summed E-state index contributed by atoms with van der Waals surface area (Å²) in [6.07, 6.45) is -4.95. The van der Waals surface area contributed by atoms with Crippen LogP contribution < -0.4 is 15.4 Å². The number of fused-ring (bicyclic) bond motifs is 1. The third-order valence-corrected chi connectivity index (χ3v) is 4.74. The van der Waals surface area contributed by atoms with E-state index in [0.29, 0.717) is 35.4 Å². The van der Waals surface area contributed by atoms with E-state index in [9.17, 15) is 27.2 Å². The van der Waals surface area contributed by atoms with Crippen LogP contribution in [0.3, 0.4) is 0 Å². The number of carbonyl (C=O) groups is 2. The molecule has 0 spiro atoms. The van der Waals surface area contributed by atoms with E-state index in [-0.39, 0.29) is 36.1 Å². The van der Waals surface area contributed by atoms with Crippen LogP contribution in [-0.4, -0.2) is 58.8 Å². The predicted molar refractivity (Wildman–Crippen MR) is 122 cm³/mol. The number of nitrogens with zero attached hydrogens (tertiary/aromatic N) is 4. The number of aromatic nitrogens is 3. The van der Waals surface area contributed by atoms with E-state index in [0.717, 1.165) is 6.07 Å². The van der Waals surface area contributed by atoms with Gasteiger partial charge in [-0.15, -0.1) is 12.4 Å². The van der Waals surface area contributed by atoms with Crippen LogP contribution in [0.1, 0.15) is 21.6 Å². The van der Waals surface area contributed by atoms with Gasteiger partial charge in [-0.05, 0) is 45.3 Å². The zero-order valence-electron chi connectivity index (χ0n) is 19.2. The largest absolute Gasteiger partial charge is 0.476 e. The van der Waals surface area contributed by atoms with E-state index in [4.69, 9.17) is 4.74 Å².